The van der Waals surface area contributed by atoms with Crippen LogP contribution in [0.4, 0.5) is 0 Å². The Balaban J connectivity index is 0.00000144. The highest BCUT2D eigenvalue weighted by Gasteiger charge is 2.16. The van der Waals surface area contributed by atoms with Crippen LogP contribution in [0.3, 0.4) is 0 Å². The first kappa shape index (κ1) is 14.0. The maximum atomic E-state index is 11.7. The average Bonchev–Trinajstić information content (AvgIpc) is 2.65. The SMILES string of the molecule is Cc1cc(CC(=O)N[C@H]2CCCNC2)no1.Cl. The van der Waals surface area contributed by atoms with Crippen LogP contribution in [-0.4, -0.2) is 30.2 Å². The molecule has 0 aromatic carbocycles. The lowest BCUT2D eigenvalue weighted by Crippen LogP contribution is -2.46. The Morgan fingerprint density at radius 3 is 3.12 bits per heavy atom. The summed E-state index contributed by atoms with van der Waals surface area (Å²) in [5.74, 6) is 0.754. The maximum absolute atomic E-state index is 11.7. The maximum Gasteiger partial charge on any atom is 0.226 e. The van der Waals surface area contributed by atoms with E-state index in [9.17, 15) is 4.79 Å². The number of amides is 1. The Kier molecular flexibility index (Phi) is 5.44. The molecule has 17 heavy (non-hydrogen) atoms. The molecule has 1 amide bonds. The summed E-state index contributed by atoms with van der Waals surface area (Å²) in [6.45, 7) is 3.73. The van der Waals surface area contributed by atoms with Gasteiger partial charge in [-0.25, -0.2) is 0 Å². The molecule has 2 rings (SSSR count). The number of hydrogen-bond acceptors (Lipinski definition) is 4. The minimum atomic E-state index is 0. The molecule has 0 spiro atoms. The van der Waals surface area contributed by atoms with E-state index in [1.165, 1.54) is 0 Å². The van der Waals surface area contributed by atoms with Crippen molar-refractivity contribution in [1.82, 2.24) is 15.8 Å². The molecule has 1 aliphatic heterocycles. The van der Waals surface area contributed by atoms with Gasteiger partial charge in [-0.3, -0.25) is 4.79 Å². The third kappa shape index (κ3) is 4.36. The Morgan fingerprint density at radius 2 is 2.53 bits per heavy atom. The molecule has 1 aromatic rings. The van der Waals surface area contributed by atoms with E-state index in [1.54, 1.807) is 6.07 Å². The fourth-order valence-electron chi connectivity index (χ4n) is 1.92. The molecule has 1 aromatic heterocycles. The molecule has 0 bridgehead atoms. The van der Waals surface area contributed by atoms with E-state index in [2.05, 4.69) is 15.8 Å². The predicted octanol–water partition coefficient (Wildman–Crippen LogP) is 0.816. The Hall–Kier alpha value is -1.07. The van der Waals surface area contributed by atoms with Crippen LogP contribution in [0.5, 0.6) is 0 Å². The van der Waals surface area contributed by atoms with Crippen molar-refractivity contribution in [2.24, 2.45) is 0 Å². The van der Waals surface area contributed by atoms with Gasteiger partial charge in [0.1, 0.15) is 5.76 Å². The van der Waals surface area contributed by atoms with Crippen molar-refractivity contribution in [3.63, 3.8) is 0 Å². The van der Waals surface area contributed by atoms with Gasteiger partial charge in [-0.1, -0.05) is 5.16 Å². The van der Waals surface area contributed by atoms with Gasteiger partial charge < -0.3 is 15.2 Å². The van der Waals surface area contributed by atoms with Gasteiger partial charge in [-0.05, 0) is 26.3 Å². The molecule has 96 valence electrons. The highest BCUT2D eigenvalue weighted by molar-refractivity contribution is 5.85. The van der Waals surface area contributed by atoms with Crippen LogP contribution in [0.1, 0.15) is 24.3 Å². The van der Waals surface area contributed by atoms with Crippen LogP contribution in [0.2, 0.25) is 0 Å². The van der Waals surface area contributed by atoms with E-state index >= 15 is 0 Å². The largest absolute Gasteiger partial charge is 0.361 e. The summed E-state index contributed by atoms with van der Waals surface area (Å²) >= 11 is 0. The number of aryl methyl sites for hydroxylation is 1. The van der Waals surface area contributed by atoms with E-state index in [0.29, 0.717) is 12.1 Å². The number of aromatic nitrogens is 1. The summed E-state index contributed by atoms with van der Waals surface area (Å²) in [6, 6.07) is 2.05. The summed E-state index contributed by atoms with van der Waals surface area (Å²) in [5.41, 5.74) is 0.693. The molecule has 1 fully saturated rings. The molecule has 0 radical (unpaired) electrons. The highest BCUT2D eigenvalue weighted by Crippen LogP contribution is 2.04. The number of piperidine rings is 1. The van der Waals surface area contributed by atoms with Crippen LogP contribution < -0.4 is 10.6 Å². The monoisotopic (exact) mass is 259 g/mol. The minimum Gasteiger partial charge on any atom is -0.361 e. The zero-order valence-electron chi connectivity index (χ0n) is 9.86. The fourth-order valence-corrected chi connectivity index (χ4v) is 1.92. The second-order valence-electron chi connectivity index (χ2n) is 4.22. The van der Waals surface area contributed by atoms with Crippen molar-refractivity contribution in [1.29, 1.82) is 0 Å². The lowest BCUT2D eigenvalue weighted by atomic mass is 10.1. The van der Waals surface area contributed by atoms with Gasteiger partial charge in [0.2, 0.25) is 5.91 Å². The van der Waals surface area contributed by atoms with Gasteiger partial charge in [0, 0.05) is 18.7 Å². The molecule has 1 saturated heterocycles. The zero-order valence-corrected chi connectivity index (χ0v) is 10.7. The first-order valence-corrected chi connectivity index (χ1v) is 5.66. The van der Waals surface area contributed by atoms with Crippen LogP contribution >= 0.6 is 12.4 Å². The molecule has 6 heteroatoms. The Bertz CT molecular complexity index is 361. The quantitative estimate of drug-likeness (QED) is 0.843. The van der Waals surface area contributed by atoms with Crippen LogP contribution in [-0.2, 0) is 11.2 Å². The molecule has 2 N–H and O–H groups in total. The van der Waals surface area contributed by atoms with Gasteiger partial charge >= 0.3 is 0 Å². The van der Waals surface area contributed by atoms with Gasteiger partial charge in [0.25, 0.3) is 0 Å². The van der Waals surface area contributed by atoms with E-state index in [-0.39, 0.29) is 24.4 Å². The second-order valence-corrected chi connectivity index (χ2v) is 4.22. The van der Waals surface area contributed by atoms with Crippen LogP contribution in [0.25, 0.3) is 0 Å². The second kappa shape index (κ2) is 6.61. The molecule has 1 aliphatic rings. The van der Waals surface area contributed by atoms with Crippen LogP contribution in [0, 0.1) is 6.92 Å². The van der Waals surface area contributed by atoms with Crippen molar-refractivity contribution in [2.45, 2.75) is 32.2 Å². The van der Waals surface area contributed by atoms with E-state index in [1.807, 2.05) is 6.92 Å². The van der Waals surface area contributed by atoms with Gasteiger partial charge in [0.05, 0.1) is 12.1 Å². The lowest BCUT2D eigenvalue weighted by molar-refractivity contribution is -0.121. The van der Waals surface area contributed by atoms with E-state index in [0.717, 1.165) is 31.7 Å². The summed E-state index contributed by atoms with van der Waals surface area (Å²) < 4.78 is 4.91. The standard InChI is InChI=1S/C11H17N3O2.ClH/c1-8-5-10(14-16-8)6-11(15)13-9-3-2-4-12-7-9;/h5,9,12H,2-4,6-7H2,1H3,(H,13,15);1H/t9-;/m0./s1. The van der Waals surface area contributed by atoms with Crippen molar-refractivity contribution in [3.05, 3.63) is 17.5 Å². The molecule has 5 nitrogen and oxygen atoms in total. The molecule has 1 atom stereocenters. The van der Waals surface area contributed by atoms with E-state index in [4.69, 9.17) is 4.52 Å². The minimum absolute atomic E-state index is 0. The molecule has 0 saturated carbocycles. The number of carbonyl (C=O) groups excluding carboxylic acids is 1. The number of halogens is 1. The van der Waals surface area contributed by atoms with Gasteiger partial charge in [-0.2, -0.15) is 0 Å². The molecule has 0 aliphatic carbocycles. The normalized spacial score (nSPS) is 19.5. The third-order valence-corrected chi connectivity index (χ3v) is 2.68. The van der Waals surface area contributed by atoms with Crippen molar-refractivity contribution in [2.75, 3.05) is 13.1 Å². The van der Waals surface area contributed by atoms with Crippen molar-refractivity contribution >= 4 is 18.3 Å². The first-order chi connectivity index (χ1) is 7.74. The predicted molar refractivity (Wildman–Crippen MR) is 66.2 cm³/mol. The lowest BCUT2D eigenvalue weighted by Gasteiger charge is -2.23. The molecular weight excluding hydrogens is 242 g/mol. The van der Waals surface area contributed by atoms with Crippen LogP contribution in [0.15, 0.2) is 10.6 Å². The highest BCUT2D eigenvalue weighted by atomic mass is 35.5. The smallest absolute Gasteiger partial charge is 0.226 e. The Morgan fingerprint density at radius 1 is 1.71 bits per heavy atom. The fraction of sp³-hybridized carbons (Fsp3) is 0.636. The number of carbonyl (C=O) groups is 1. The summed E-state index contributed by atoms with van der Waals surface area (Å²) in [7, 11) is 0. The van der Waals surface area contributed by atoms with Crippen molar-refractivity contribution < 1.29 is 9.32 Å². The number of nitrogens with one attached hydrogen (secondary N) is 2. The topological polar surface area (TPSA) is 67.2 Å². The van der Waals surface area contributed by atoms with Crippen molar-refractivity contribution in [3.8, 4) is 0 Å². The Labute approximate surface area is 107 Å². The molecule has 2 heterocycles. The summed E-state index contributed by atoms with van der Waals surface area (Å²) in [4.78, 5) is 11.7. The zero-order chi connectivity index (χ0) is 11.4. The number of hydrogen-bond donors (Lipinski definition) is 2. The number of rotatable bonds is 3. The van der Waals surface area contributed by atoms with Gasteiger partial charge in [-0.15, -0.1) is 12.4 Å². The van der Waals surface area contributed by atoms with E-state index < -0.39 is 0 Å². The third-order valence-electron chi connectivity index (χ3n) is 2.68. The van der Waals surface area contributed by atoms with Gasteiger partial charge in [0.15, 0.2) is 0 Å². The summed E-state index contributed by atoms with van der Waals surface area (Å²) in [5, 5.41) is 10.1. The molecule has 0 unspecified atom stereocenters. The average molecular weight is 260 g/mol. The first-order valence-electron chi connectivity index (χ1n) is 5.66. The number of nitrogens with zero attached hydrogens (tertiary/aromatic N) is 1. The molecular formula is C11H18ClN3O2. The summed E-state index contributed by atoms with van der Waals surface area (Å²) in [6.07, 6.45) is 2.47.